The molecular formula is C12H18Si. The smallest absolute Gasteiger partial charge is 0.0656 e. The van der Waals surface area contributed by atoms with Crippen molar-refractivity contribution in [1.82, 2.24) is 0 Å². The van der Waals surface area contributed by atoms with E-state index in [1.54, 1.807) is 16.3 Å². The molecule has 13 heavy (non-hydrogen) atoms. The lowest BCUT2D eigenvalue weighted by Gasteiger charge is -2.20. The Kier molecular flexibility index (Phi) is 2.07. The number of hydrogen-bond donors (Lipinski definition) is 0. The summed E-state index contributed by atoms with van der Waals surface area (Å²) in [7, 11) is -1.09. The van der Waals surface area contributed by atoms with E-state index in [2.05, 4.69) is 37.8 Å². The van der Waals surface area contributed by atoms with Crippen LogP contribution in [0, 0.1) is 0 Å². The molecule has 1 aromatic rings. The second-order valence-electron chi connectivity index (χ2n) is 5.05. The molecule has 0 aliphatic heterocycles. The molecule has 0 atom stereocenters. The summed E-state index contributed by atoms with van der Waals surface area (Å²) < 4.78 is 0. The first kappa shape index (κ1) is 9.01. The molecule has 1 aliphatic rings. The topological polar surface area (TPSA) is 0 Å². The summed E-state index contributed by atoms with van der Waals surface area (Å²) in [6.45, 7) is 7.34. The minimum absolute atomic E-state index is 1.09. The van der Waals surface area contributed by atoms with E-state index >= 15 is 0 Å². The van der Waals surface area contributed by atoms with E-state index in [-0.39, 0.29) is 0 Å². The Hall–Kier alpha value is -0.563. The van der Waals surface area contributed by atoms with Gasteiger partial charge in [0.25, 0.3) is 0 Å². The molecule has 0 fully saturated rings. The molecule has 70 valence electrons. The monoisotopic (exact) mass is 190 g/mol. The number of hydrogen-bond acceptors (Lipinski definition) is 0. The van der Waals surface area contributed by atoms with Crippen LogP contribution in [-0.4, -0.2) is 8.07 Å². The van der Waals surface area contributed by atoms with Crippen LogP contribution in [-0.2, 0) is 12.8 Å². The molecular weight excluding hydrogens is 172 g/mol. The SMILES string of the molecule is C[Si](C)(C)c1cccc2c1CCC2. The summed E-state index contributed by atoms with van der Waals surface area (Å²) in [4.78, 5) is 0. The largest absolute Gasteiger partial charge is 0.0779 e. The van der Waals surface area contributed by atoms with Crippen molar-refractivity contribution in [1.29, 1.82) is 0 Å². The number of benzene rings is 1. The van der Waals surface area contributed by atoms with Crippen LogP contribution in [0.15, 0.2) is 18.2 Å². The van der Waals surface area contributed by atoms with Gasteiger partial charge in [-0.15, -0.1) is 0 Å². The number of rotatable bonds is 1. The first-order valence-corrected chi connectivity index (χ1v) is 8.70. The Labute approximate surface area is 82.0 Å². The van der Waals surface area contributed by atoms with Crippen molar-refractivity contribution in [3.8, 4) is 0 Å². The van der Waals surface area contributed by atoms with Crippen molar-refractivity contribution in [2.75, 3.05) is 0 Å². The summed E-state index contributed by atoms with van der Waals surface area (Å²) in [6.07, 6.45) is 4.01. The molecule has 1 aromatic carbocycles. The summed E-state index contributed by atoms with van der Waals surface area (Å²) in [5, 5.41) is 1.70. The second-order valence-corrected chi connectivity index (χ2v) is 10.1. The predicted octanol–water partition coefficient (Wildman–Crippen LogP) is 2.72. The maximum Gasteiger partial charge on any atom is 0.0779 e. The fourth-order valence-electron chi connectivity index (χ4n) is 2.32. The molecule has 0 aromatic heterocycles. The van der Waals surface area contributed by atoms with E-state index in [0.717, 1.165) is 0 Å². The van der Waals surface area contributed by atoms with E-state index in [4.69, 9.17) is 0 Å². The minimum atomic E-state index is -1.09. The average molecular weight is 190 g/mol. The molecule has 0 saturated heterocycles. The van der Waals surface area contributed by atoms with Crippen LogP contribution in [0.1, 0.15) is 17.5 Å². The fraction of sp³-hybridized carbons (Fsp3) is 0.500. The van der Waals surface area contributed by atoms with Gasteiger partial charge < -0.3 is 0 Å². The van der Waals surface area contributed by atoms with Crippen molar-refractivity contribution in [3.05, 3.63) is 29.3 Å². The van der Waals surface area contributed by atoms with Gasteiger partial charge >= 0.3 is 0 Å². The Morgan fingerprint density at radius 1 is 1.08 bits per heavy atom. The van der Waals surface area contributed by atoms with Gasteiger partial charge in [-0.25, -0.2) is 0 Å². The third-order valence-corrected chi connectivity index (χ3v) is 5.04. The molecule has 0 N–H and O–H groups in total. The van der Waals surface area contributed by atoms with Crippen LogP contribution in [0.2, 0.25) is 19.6 Å². The lowest BCUT2D eigenvalue weighted by atomic mass is 10.1. The maximum absolute atomic E-state index is 2.45. The van der Waals surface area contributed by atoms with Crippen LogP contribution in [0.5, 0.6) is 0 Å². The van der Waals surface area contributed by atoms with E-state index in [9.17, 15) is 0 Å². The summed E-state index contributed by atoms with van der Waals surface area (Å²) in [5.74, 6) is 0. The highest BCUT2D eigenvalue weighted by molar-refractivity contribution is 6.89. The summed E-state index contributed by atoms with van der Waals surface area (Å²) in [5.41, 5.74) is 3.32. The second kappa shape index (κ2) is 2.98. The Balaban J connectivity index is 2.54. The van der Waals surface area contributed by atoms with Crippen LogP contribution < -0.4 is 5.19 Å². The normalized spacial score (nSPS) is 15.9. The van der Waals surface area contributed by atoms with Crippen molar-refractivity contribution < 1.29 is 0 Å². The van der Waals surface area contributed by atoms with Crippen molar-refractivity contribution >= 4 is 13.3 Å². The van der Waals surface area contributed by atoms with Gasteiger partial charge in [-0.2, -0.15) is 0 Å². The van der Waals surface area contributed by atoms with E-state index in [1.165, 1.54) is 19.3 Å². The zero-order valence-corrected chi connectivity index (χ0v) is 9.85. The van der Waals surface area contributed by atoms with E-state index in [1.807, 2.05) is 0 Å². The van der Waals surface area contributed by atoms with Gasteiger partial charge in [-0.1, -0.05) is 43.0 Å². The Morgan fingerprint density at radius 2 is 1.85 bits per heavy atom. The predicted molar refractivity (Wildman–Crippen MR) is 61.4 cm³/mol. The van der Waals surface area contributed by atoms with E-state index < -0.39 is 8.07 Å². The Morgan fingerprint density at radius 3 is 2.54 bits per heavy atom. The third kappa shape index (κ3) is 1.57. The highest BCUT2D eigenvalue weighted by atomic mass is 28.3. The number of fused-ring (bicyclic) bond motifs is 1. The van der Waals surface area contributed by atoms with Gasteiger partial charge in [-0.05, 0) is 30.4 Å². The molecule has 0 saturated carbocycles. The first-order chi connectivity index (χ1) is 6.09. The molecule has 0 heterocycles. The maximum atomic E-state index is 2.45. The molecule has 0 bridgehead atoms. The average Bonchev–Trinajstić information content (AvgIpc) is 2.48. The minimum Gasteiger partial charge on any atom is -0.0656 e. The summed E-state index contributed by atoms with van der Waals surface area (Å²) >= 11 is 0. The van der Waals surface area contributed by atoms with Crippen molar-refractivity contribution in [2.45, 2.75) is 38.9 Å². The zero-order valence-electron chi connectivity index (χ0n) is 8.85. The van der Waals surface area contributed by atoms with Crippen LogP contribution in [0.4, 0.5) is 0 Å². The molecule has 0 radical (unpaired) electrons. The molecule has 0 unspecified atom stereocenters. The molecule has 0 nitrogen and oxygen atoms in total. The van der Waals surface area contributed by atoms with E-state index in [0.29, 0.717) is 0 Å². The van der Waals surface area contributed by atoms with Crippen LogP contribution in [0.25, 0.3) is 0 Å². The first-order valence-electron chi connectivity index (χ1n) is 5.20. The molecule has 0 spiro atoms. The summed E-state index contributed by atoms with van der Waals surface area (Å²) in [6, 6.07) is 6.92. The quantitative estimate of drug-likeness (QED) is 0.597. The van der Waals surface area contributed by atoms with Crippen molar-refractivity contribution in [2.24, 2.45) is 0 Å². The molecule has 1 aliphatic carbocycles. The lowest BCUT2D eigenvalue weighted by Crippen LogP contribution is -2.40. The van der Waals surface area contributed by atoms with Gasteiger partial charge in [0.05, 0.1) is 8.07 Å². The van der Waals surface area contributed by atoms with Gasteiger partial charge in [-0.3, -0.25) is 0 Å². The van der Waals surface area contributed by atoms with Gasteiger partial charge in [0.15, 0.2) is 0 Å². The highest BCUT2D eigenvalue weighted by Gasteiger charge is 2.23. The lowest BCUT2D eigenvalue weighted by molar-refractivity contribution is 0.913. The standard InChI is InChI=1S/C12H18Si/c1-13(2,3)12-9-5-7-10-6-4-8-11(10)12/h5,7,9H,4,6,8H2,1-3H3. The zero-order chi connectivity index (χ0) is 9.47. The number of aryl methyl sites for hydroxylation is 1. The van der Waals surface area contributed by atoms with Crippen LogP contribution in [0.3, 0.4) is 0 Å². The molecule has 2 rings (SSSR count). The highest BCUT2D eigenvalue weighted by Crippen LogP contribution is 2.22. The van der Waals surface area contributed by atoms with Gasteiger partial charge in [0, 0.05) is 0 Å². The van der Waals surface area contributed by atoms with Gasteiger partial charge in [0.1, 0.15) is 0 Å². The fourth-order valence-corrected chi connectivity index (χ4v) is 4.11. The molecule has 1 heteroatoms. The van der Waals surface area contributed by atoms with Crippen molar-refractivity contribution in [3.63, 3.8) is 0 Å². The third-order valence-electron chi connectivity index (χ3n) is 2.95. The molecule has 0 amide bonds. The van der Waals surface area contributed by atoms with Gasteiger partial charge in [0.2, 0.25) is 0 Å². The van der Waals surface area contributed by atoms with Crippen LogP contribution >= 0.6 is 0 Å². The Bertz CT molecular complexity index is 320.